The number of aryl methyl sites for hydroxylation is 1. The first-order chi connectivity index (χ1) is 11.6. The van der Waals surface area contributed by atoms with Crippen molar-refractivity contribution in [1.29, 1.82) is 0 Å². The molecule has 1 aromatic carbocycles. The van der Waals surface area contributed by atoms with E-state index in [1.165, 1.54) is 6.20 Å². The standard InChI is InChI=1S/C18H22N2O4/c1-13-3-6-15(9-19-13)18(22)20-10-16(21)12-24-11-14-4-7-17(23-2)8-5-14/h3-9,16,21H,10-12H2,1-2H3,(H,20,22)/t16-/m1/s1. The van der Waals surface area contributed by atoms with Crippen molar-refractivity contribution in [2.75, 3.05) is 20.3 Å². The van der Waals surface area contributed by atoms with Crippen LogP contribution in [0.25, 0.3) is 0 Å². The van der Waals surface area contributed by atoms with E-state index in [4.69, 9.17) is 9.47 Å². The van der Waals surface area contributed by atoms with Crippen LogP contribution in [0, 0.1) is 6.92 Å². The summed E-state index contributed by atoms with van der Waals surface area (Å²) in [6.45, 7) is 2.50. The summed E-state index contributed by atoms with van der Waals surface area (Å²) in [5.74, 6) is 0.517. The molecule has 0 aliphatic rings. The lowest BCUT2D eigenvalue weighted by molar-refractivity contribution is 0.0285. The molecule has 6 heteroatoms. The van der Waals surface area contributed by atoms with E-state index in [1.807, 2.05) is 31.2 Å². The third kappa shape index (κ3) is 5.64. The zero-order chi connectivity index (χ0) is 17.4. The maximum absolute atomic E-state index is 11.9. The number of hydrogen-bond acceptors (Lipinski definition) is 5. The minimum absolute atomic E-state index is 0.120. The van der Waals surface area contributed by atoms with Crippen LogP contribution in [0.3, 0.4) is 0 Å². The van der Waals surface area contributed by atoms with Crippen LogP contribution in [-0.2, 0) is 11.3 Å². The fraction of sp³-hybridized carbons (Fsp3) is 0.333. The normalized spacial score (nSPS) is 11.8. The average Bonchev–Trinajstić information content (AvgIpc) is 2.61. The number of amides is 1. The molecule has 2 rings (SSSR count). The number of methoxy groups -OCH3 is 1. The fourth-order valence-corrected chi connectivity index (χ4v) is 2.01. The van der Waals surface area contributed by atoms with Crippen LogP contribution in [0.4, 0.5) is 0 Å². The molecule has 0 saturated heterocycles. The molecular weight excluding hydrogens is 308 g/mol. The number of nitrogens with one attached hydrogen (secondary N) is 1. The third-order valence-electron chi connectivity index (χ3n) is 3.41. The van der Waals surface area contributed by atoms with E-state index in [-0.39, 0.29) is 19.1 Å². The molecule has 2 aromatic rings. The van der Waals surface area contributed by atoms with Crippen LogP contribution in [0.15, 0.2) is 42.6 Å². The lowest BCUT2D eigenvalue weighted by Crippen LogP contribution is -2.34. The zero-order valence-corrected chi connectivity index (χ0v) is 13.9. The average molecular weight is 330 g/mol. The first-order valence-corrected chi connectivity index (χ1v) is 7.68. The van der Waals surface area contributed by atoms with E-state index < -0.39 is 6.10 Å². The molecule has 24 heavy (non-hydrogen) atoms. The topological polar surface area (TPSA) is 80.7 Å². The molecule has 0 fully saturated rings. The number of carbonyl (C=O) groups is 1. The molecule has 0 aliphatic carbocycles. The van der Waals surface area contributed by atoms with Gasteiger partial charge in [0.25, 0.3) is 5.91 Å². The van der Waals surface area contributed by atoms with Gasteiger partial charge in [0.15, 0.2) is 0 Å². The number of hydrogen-bond donors (Lipinski definition) is 2. The highest BCUT2D eigenvalue weighted by Crippen LogP contribution is 2.11. The Kier molecular flexibility index (Phi) is 6.72. The third-order valence-corrected chi connectivity index (χ3v) is 3.41. The number of rotatable bonds is 8. The minimum Gasteiger partial charge on any atom is -0.497 e. The first kappa shape index (κ1) is 17.9. The van der Waals surface area contributed by atoms with Gasteiger partial charge in [-0.25, -0.2) is 0 Å². The molecular formula is C18H22N2O4. The Morgan fingerprint density at radius 2 is 2.00 bits per heavy atom. The summed E-state index contributed by atoms with van der Waals surface area (Å²) in [7, 11) is 1.61. The first-order valence-electron chi connectivity index (χ1n) is 7.68. The number of carbonyl (C=O) groups excluding carboxylic acids is 1. The van der Waals surface area contributed by atoms with E-state index in [2.05, 4.69) is 10.3 Å². The van der Waals surface area contributed by atoms with Gasteiger partial charge in [0, 0.05) is 18.4 Å². The highest BCUT2D eigenvalue weighted by atomic mass is 16.5. The zero-order valence-electron chi connectivity index (χ0n) is 13.9. The van der Waals surface area contributed by atoms with Crippen molar-refractivity contribution in [3.63, 3.8) is 0 Å². The van der Waals surface area contributed by atoms with E-state index >= 15 is 0 Å². The summed E-state index contributed by atoms with van der Waals surface area (Å²) in [6, 6.07) is 11.0. The summed E-state index contributed by atoms with van der Waals surface area (Å²) in [4.78, 5) is 16.0. The van der Waals surface area contributed by atoms with Gasteiger partial charge in [-0.05, 0) is 36.8 Å². The Morgan fingerprint density at radius 1 is 1.25 bits per heavy atom. The Hall–Kier alpha value is -2.44. The Morgan fingerprint density at radius 3 is 2.62 bits per heavy atom. The molecule has 6 nitrogen and oxygen atoms in total. The van der Waals surface area contributed by atoms with E-state index in [0.717, 1.165) is 17.0 Å². The van der Waals surface area contributed by atoms with Gasteiger partial charge in [-0.2, -0.15) is 0 Å². The summed E-state index contributed by atoms with van der Waals surface area (Å²) in [5, 5.41) is 12.5. The van der Waals surface area contributed by atoms with Crippen molar-refractivity contribution in [2.24, 2.45) is 0 Å². The van der Waals surface area contributed by atoms with Crippen LogP contribution in [-0.4, -0.2) is 42.4 Å². The molecule has 1 aromatic heterocycles. The van der Waals surface area contributed by atoms with Crippen LogP contribution >= 0.6 is 0 Å². The van der Waals surface area contributed by atoms with E-state index in [9.17, 15) is 9.90 Å². The quantitative estimate of drug-likeness (QED) is 0.770. The van der Waals surface area contributed by atoms with Crippen LogP contribution in [0.5, 0.6) is 5.75 Å². The molecule has 2 N–H and O–H groups in total. The number of aliphatic hydroxyl groups is 1. The van der Waals surface area contributed by atoms with Gasteiger partial charge in [-0.3, -0.25) is 9.78 Å². The van der Waals surface area contributed by atoms with Gasteiger partial charge in [-0.15, -0.1) is 0 Å². The molecule has 0 radical (unpaired) electrons. The van der Waals surface area contributed by atoms with Crippen molar-refractivity contribution < 1.29 is 19.4 Å². The molecule has 1 amide bonds. The number of aromatic nitrogens is 1. The number of nitrogens with zero attached hydrogens (tertiary/aromatic N) is 1. The second-order valence-electron chi connectivity index (χ2n) is 5.42. The van der Waals surface area contributed by atoms with Crippen LogP contribution in [0.2, 0.25) is 0 Å². The van der Waals surface area contributed by atoms with Crippen molar-refractivity contribution in [2.45, 2.75) is 19.6 Å². The lowest BCUT2D eigenvalue weighted by Gasteiger charge is -2.12. The molecule has 0 spiro atoms. The predicted octanol–water partition coefficient (Wildman–Crippen LogP) is 1.71. The highest BCUT2D eigenvalue weighted by Gasteiger charge is 2.09. The Bertz CT molecular complexity index is 641. The molecule has 1 heterocycles. The SMILES string of the molecule is COc1ccc(COC[C@H](O)CNC(=O)c2ccc(C)nc2)cc1. The Balaban J connectivity index is 1.68. The lowest BCUT2D eigenvalue weighted by atomic mass is 10.2. The maximum atomic E-state index is 11.9. The van der Waals surface area contributed by atoms with E-state index in [0.29, 0.717) is 12.2 Å². The molecule has 0 aliphatic heterocycles. The van der Waals surface area contributed by atoms with Crippen LogP contribution in [0.1, 0.15) is 21.6 Å². The number of aliphatic hydroxyl groups excluding tert-OH is 1. The van der Waals surface area contributed by atoms with Crippen molar-refractivity contribution in [3.05, 3.63) is 59.4 Å². The Labute approximate surface area is 141 Å². The van der Waals surface area contributed by atoms with Gasteiger partial charge in [0.1, 0.15) is 5.75 Å². The summed E-state index contributed by atoms with van der Waals surface area (Å²) >= 11 is 0. The molecule has 1 atom stereocenters. The van der Waals surface area contributed by atoms with Gasteiger partial charge < -0.3 is 19.9 Å². The number of pyridine rings is 1. The molecule has 0 saturated carbocycles. The molecule has 0 unspecified atom stereocenters. The summed E-state index contributed by atoms with van der Waals surface area (Å²) in [5.41, 5.74) is 2.29. The summed E-state index contributed by atoms with van der Waals surface area (Å²) in [6.07, 6.45) is 0.739. The maximum Gasteiger partial charge on any atom is 0.252 e. The summed E-state index contributed by atoms with van der Waals surface area (Å²) < 4.78 is 10.5. The molecule has 128 valence electrons. The largest absolute Gasteiger partial charge is 0.497 e. The fourth-order valence-electron chi connectivity index (χ4n) is 2.01. The smallest absolute Gasteiger partial charge is 0.252 e. The van der Waals surface area contributed by atoms with Gasteiger partial charge in [0.05, 0.1) is 32.0 Å². The van der Waals surface area contributed by atoms with Crippen LogP contribution < -0.4 is 10.1 Å². The van der Waals surface area contributed by atoms with Crippen molar-refractivity contribution >= 4 is 5.91 Å². The second-order valence-corrected chi connectivity index (χ2v) is 5.42. The predicted molar refractivity (Wildman–Crippen MR) is 90.0 cm³/mol. The number of benzene rings is 1. The molecule has 0 bridgehead atoms. The van der Waals surface area contributed by atoms with Gasteiger partial charge in [-0.1, -0.05) is 12.1 Å². The van der Waals surface area contributed by atoms with Gasteiger partial charge in [0.2, 0.25) is 0 Å². The minimum atomic E-state index is -0.773. The van der Waals surface area contributed by atoms with Crippen molar-refractivity contribution in [1.82, 2.24) is 10.3 Å². The second kappa shape index (κ2) is 9.00. The highest BCUT2D eigenvalue weighted by molar-refractivity contribution is 5.93. The monoisotopic (exact) mass is 330 g/mol. The van der Waals surface area contributed by atoms with Crippen molar-refractivity contribution in [3.8, 4) is 5.75 Å². The number of ether oxygens (including phenoxy) is 2. The van der Waals surface area contributed by atoms with Gasteiger partial charge >= 0.3 is 0 Å². The van der Waals surface area contributed by atoms with E-state index in [1.54, 1.807) is 19.2 Å².